The van der Waals surface area contributed by atoms with Crippen molar-refractivity contribution < 1.29 is 19.1 Å². The van der Waals surface area contributed by atoms with Crippen molar-refractivity contribution in [3.05, 3.63) is 21.9 Å². The van der Waals surface area contributed by atoms with Gasteiger partial charge < -0.3 is 20.1 Å². The summed E-state index contributed by atoms with van der Waals surface area (Å²) >= 11 is 2.98. The molecule has 0 radical (unpaired) electrons. The zero-order chi connectivity index (χ0) is 17.1. The van der Waals surface area contributed by atoms with E-state index in [4.69, 9.17) is 9.47 Å². The molecule has 1 fully saturated rings. The molecule has 6 nitrogen and oxygen atoms in total. The average molecular weight is 405 g/mol. The van der Waals surface area contributed by atoms with E-state index in [1.165, 1.54) is 11.3 Å². The van der Waals surface area contributed by atoms with E-state index in [-0.39, 0.29) is 36.4 Å². The molecule has 0 aliphatic carbocycles. The number of amides is 1. The summed E-state index contributed by atoms with van der Waals surface area (Å²) in [5, 5.41) is 8.08. The third-order valence-electron chi connectivity index (χ3n) is 3.89. The van der Waals surface area contributed by atoms with Crippen LogP contribution in [0.5, 0.6) is 0 Å². The normalized spacial score (nSPS) is 20.1. The molecule has 2 aromatic rings. The minimum absolute atomic E-state index is 0. The molecule has 2 N–H and O–H groups in total. The molecule has 138 valence electrons. The van der Waals surface area contributed by atoms with Gasteiger partial charge in [-0.05, 0) is 25.3 Å². The Hall–Kier alpha value is -1.19. The summed E-state index contributed by atoms with van der Waals surface area (Å²) in [7, 11) is 0. The van der Waals surface area contributed by atoms with Crippen molar-refractivity contribution in [3.8, 4) is 0 Å². The highest BCUT2D eigenvalue weighted by molar-refractivity contribution is 7.28. The van der Waals surface area contributed by atoms with E-state index in [0.29, 0.717) is 31.2 Å². The molecule has 0 aromatic carbocycles. The number of esters is 1. The number of halogens is 1. The van der Waals surface area contributed by atoms with Crippen molar-refractivity contribution in [1.29, 1.82) is 0 Å². The highest BCUT2D eigenvalue weighted by Gasteiger charge is 2.29. The molecule has 1 aliphatic rings. The number of carbonyl (C=O) groups is 2. The van der Waals surface area contributed by atoms with Crippen molar-refractivity contribution in [2.45, 2.75) is 32.5 Å². The minimum atomic E-state index is -0.373. The first-order valence-electron chi connectivity index (χ1n) is 7.90. The Morgan fingerprint density at radius 2 is 2.28 bits per heavy atom. The van der Waals surface area contributed by atoms with E-state index in [1.54, 1.807) is 18.3 Å². The first-order valence-corrected chi connectivity index (χ1v) is 9.60. The Balaban J connectivity index is 0.00000225. The van der Waals surface area contributed by atoms with Gasteiger partial charge in [0.1, 0.15) is 10.9 Å². The molecular weight excluding hydrogens is 384 g/mol. The number of morpholine rings is 1. The fourth-order valence-corrected chi connectivity index (χ4v) is 4.98. The average Bonchev–Trinajstić information content (AvgIpc) is 3.14. The number of fused-ring (bicyclic) bond motifs is 1. The van der Waals surface area contributed by atoms with Gasteiger partial charge in [0.25, 0.3) is 0 Å². The van der Waals surface area contributed by atoms with E-state index in [1.807, 2.05) is 18.4 Å². The second-order valence-electron chi connectivity index (χ2n) is 5.47. The summed E-state index contributed by atoms with van der Waals surface area (Å²) in [4.78, 5) is 25.2. The number of rotatable bonds is 5. The van der Waals surface area contributed by atoms with Crippen LogP contribution in [0.3, 0.4) is 0 Å². The molecule has 0 spiro atoms. The number of hydrogen-bond donors (Lipinski definition) is 2. The minimum Gasteiger partial charge on any atom is -0.462 e. The highest BCUT2D eigenvalue weighted by Crippen LogP contribution is 2.35. The van der Waals surface area contributed by atoms with Crippen molar-refractivity contribution in [3.63, 3.8) is 0 Å². The molecule has 0 unspecified atom stereocenters. The monoisotopic (exact) mass is 404 g/mol. The molecule has 25 heavy (non-hydrogen) atoms. The molecule has 0 bridgehead atoms. The van der Waals surface area contributed by atoms with Crippen LogP contribution in [0.25, 0.3) is 9.40 Å². The fraction of sp³-hybridized carbons (Fsp3) is 0.500. The third-order valence-corrected chi connectivity index (χ3v) is 6.17. The fourth-order valence-electron chi connectivity index (χ4n) is 2.71. The first kappa shape index (κ1) is 20.1. The maximum Gasteiger partial charge on any atom is 0.348 e. The van der Waals surface area contributed by atoms with Gasteiger partial charge in [0.15, 0.2) is 0 Å². The smallest absolute Gasteiger partial charge is 0.348 e. The molecule has 2 aromatic heterocycles. The van der Waals surface area contributed by atoms with Gasteiger partial charge in [-0.15, -0.1) is 35.1 Å². The van der Waals surface area contributed by atoms with E-state index in [2.05, 4.69) is 10.6 Å². The summed E-state index contributed by atoms with van der Waals surface area (Å²) in [5.74, 6) is -0.449. The highest BCUT2D eigenvalue weighted by atomic mass is 35.5. The van der Waals surface area contributed by atoms with Gasteiger partial charge in [0, 0.05) is 23.4 Å². The summed E-state index contributed by atoms with van der Waals surface area (Å²) in [5.41, 5.74) is 0.834. The van der Waals surface area contributed by atoms with Gasteiger partial charge >= 0.3 is 5.97 Å². The zero-order valence-corrected chi connectivity index (χ0v) is 16.4. The van der Waals surface area contributed by atoms with Crippen molar-refractivity contribution in [2.75, 3.05) is 19.8 Å². The molecular formula is C16H21ClN2O4S2. The number of carbonyl (C=O) groups excluding carboxylic acids is 2. The lowest BCUT2D eigenvalue weighted by Gasteiger charge is -2.29. The van der Waals surface area contributed by atoms with Crippen LogP contribution >= 0.6 is 35.1 Å². The van der Waals surface area contributed by atoms with Crippen LogP contribution < -0.4 is 10.6 Å². The van der Waals surface area contributed by atoms with Crippen LogP contribution in [0.1, 0.15) is 29.1 Å². The third kappa shape index (κ3) is 4.32. The second kappa shape index (κ2) is 8.95. The predicted molar refractivity (Wildman–Crippen MR) is 102 cm³/mol. The lowest BCUT2D eigenvalue weighted by Crippen LogP contribution is -2.55. The molecule has 2 atom stereocenters. The molecule has 3 heterocycles. The van der Waals surface area contributed by atoms with Crippen LogP contribution in [0.4, 0.5) is 0 Å². The van der Waals surface area contributed by atoms with Crippen molar-refractivity contribution in [1.82, 2.24) is 10.6 Å². The van der Waals surface area contributed by atoms with Crippen molar-refractivity contribution in [2.24, 2.45) is 0 Å². The first-order chi connectivity index (χ1) is 11.6. The predicted octanol–water partition coefficient (Wildman–Crippen LogP) is 2.55. The second-order valence-corrected chi connectivity index (χ2v) is 7.44. The Kier molecular flexibility index (Phi) is 7.21. The van der Waals surface area contributed by atoms with E-state index >= 15 is 0 Å². The Morgan fingerprint density at radius 1 is 1.48 bits per heavy atom. The maximum absolute atomic E-state index is 12.4. The zero-order valence-electron chi connectivity index (χ0n) is 14.0. The van der Waals surface area contributed by atoms with Crippen molar-refractivity contribution >= 4 is 56.4 Å². The number of nitrogens with one attached hydrogen (secondary N) is 2. The Bertz CT molecular complexity index is 746. The van der Waals surface area contributed by atoms with E-state index in [9.17, 15) is 9.59 Å². The molecule has 9 heteroatoms. The van der Waals surface area contributed by atoms with Crippen LogP contribution in [0.15, 0.2) is 11.4 Å². The Labute approximate surface area is 160 Å². The van der Waals surface area contributed by atoms with Gasteiger partial charge in [-0.3, -0.25) is 4.79 Å². The SMILES string of the molecule is CCOC(=O)c1sc2ccsc2c1CNC(=O)[C@H]1NCCO[C@@H]1C.Cl. The quantitative estimate of drug-likeness (QED) is 0.749. The molecule has 1 saturated heterocycles. The lowest BCUT2D eigenvalue weighted by atomic mass is 10.1. The van der Waals surface area contributed by atoms with Gasteiger partial charge in [0.2, 0.25) is 5.91 Å². The molecule has 1 amide bonds. The van der Waals surface area contributed by atoms with Gasteiger partial charge in [-0.25, -0.2) is 4.79 Å². The van der Waals surface area contributed by atoms with Gasteiger partial charge in [-0.1, -0.05) is 0 Å². The van der Waals surface area contributed by atoms with Crippen LogP contribution in [-0.2, 0) is 20.8 Å². The van der Waals surface area contributed by atoms with Gasteiger partial charge in [-0.2, -0.15) is 0 Å². The van der Waals surface area contributed by atoms with Crippen LogP contribution in [0, 0.1) is 0 Å². The number of hydrogen-bond acceptors (Lipinski definition) is 7. The largest absolute Gasteiger partial charge is 0.462 e. The summed E-state index contributed by atoms with van der Waals surface area (Å²) in [6, 6.07) is 1.61. The molecule has 0 saturated carbocycles. The van der Waals surface area contributed by atoms with Gasteiger partial charge in [0.05, 0.1) is 24.0 Å². The topological polar surface area (TPSA) is 76.7 Å². The Morgan fingerprint density at radius 3 is 3.00 bits per heavy atom. The lowest BCUT2D eigenvalue weighted by molar-refractivity contribution is -0.129. The standard InChI is InChI=1S/C16H20N2O4S2.ClH/c1-3-21-16(20)14-10(13-11(24-14)4-7-23-13)8-18-15(19)12-9(2)22-6-5-17-12;/h4,7,9,12,17H,3,5-6,8H2,1-2H3,(H,18,19);1H/t9-,12+;/m1./s1. The van der Waals surface area contributed by atoms with E-state index in [0.717, 1.165) is 15.0 Å². The maximum atomic E-state index is 12.4. The molecule has 3 rings (SSSR count). The number of ether oxygens (including phenoxy) is 2. The summed E-state index contributed by atoms with van der Waals surface area (Å²) in [6.07, 6.45) is -0.174. The van der Waals surface area contributed by atoms with Crippen LogP contribution in [-0.4, -0.2) is 43.8 Å². The summed E-state index contributed by atoms with van der Waals surface area (Å²) < 4.78 is 12.7. The van der Waals surface area contributed by atoms with E-state index < -0.39 is 0 Å². The number of thiophene rings is 2. The molecule has 1 aliphatic heterocycles. The van der Waals surface area contributed by atoms with Crippen LogP contribution in [0.2, 0.25) is 0 Å². The summed E-state index contributed by atoms with van der Waals surface area (Å²) in [6.45, 7) is 5.56.